The fraction of sp³-hybridized carbons (Fsp3) is 0.533. The molecule has 0 atom stereocenters. The van der Waals surface area contributed by atoms with Gasteiger partial charge in [0.2, 0.25) is 0 Å². The van der Waals surface area contributed by atoms with Crippen molar-refractivity contribution in [2.75, 3.05) is 13.1 Å². The molecule has 3 rings (SSSR count). The Labute approximate surface area is 138 Å². The van der Waals surface area contributed by atoms with Gasteiger partial charge in [-0.1, -0.05) is 18.5 Å². The third kappa shape index (κ3) is 2.77. The molecule has 0 saturated carbocycles. The third-order valence-electron chi connectivity index (χ3n) is 4.39. The highest BCUT2D eigenvalue weighted by atomic mass is 35.5. The van der Waals surface area contributed by atoms with E-state index in [1.54, 1.807) is 28.4 Å². The van der Waals surface area contributed by atoms with Gasteiger partial charge in [0, 0.05) is 31.7 Å². The van der Waals surface area contributed by atoms with Crippen molar-refractivity contribution in [2.45, 2.75) is 32.1 Å². The molecule has 1 aliphatic heterocycles. The van der Waals surface area contributed by atoms with Gasteiger partial charge in [-0.25, -0.2) is 4.98 Å². The van der Waals surface area contributed by atoms with E-state index in [9.17, 15) is 4.79 Å². The van der Waals surface area contributed by atoms with Crippen LogP contribution in [0.2, 0.25) is 4.34 Å². The first kappa shape index (κ1) is 15.5. The molecule has 0 bridgehead atoms. The lowest BCUT2D eigenvalue weighted by Gasteiger charge is -2.38. The summed E-state index contributed by atoms with van der Waals surface area (Å²) in [5.74, 6) is 0.0739. The number of carbonyl (C=O) groups is 1. The van der Waals surface area contributed by atoms with E-state index in [2.05, 4.69) is 17.0 Å². The van der Waals surface area contributed by atoms with Gasteiger partial charge in [-0.05, 0) is 19.8 Å². The van der Waals surface area contributed by atoms with Gasteiger partial charge in [0.15, 0.2) is 0 Å². The van der Waals surface area contributed by atoms with E-state index >= 15 is 0 Å². The highest BCUT2D eigenvalue weighted by Crippen LogP contribution is 2.38. The zero-order valence-corrected chi connectivity index (χ0v) is 14.5. The van der Waals surface area contributed by atoms with E-state index in [0.29, 0.717) is 5.56 Å². The van der Waals surface area contributed by atoms with Crippen LogP contribution in [0.3, 0.4) is 0 Å². The number of thiazole rings is 1. The van der Waals surface area contributed by atoms with E-state index in [1.165, 1.54) is 0 Å². The molecule has 5 nitrogen and oxygen atoms in total. The summed E-state index contributed by atoms with van der Waals surface area (Å²) in [6, 6.07) is 0. The molecule has 1 fully saturated rings. The number of aromatic nitrogens is 3. The second kappa shape index (κ2) is 5.66. The van der Waals surface area contributed by atoms with Gasteiger partial charge in [0.25, 0.3) is 5.91 Å². The van der Waals surface area contributed by atoms with Crippen LogP contribution in [0.25, 0.3) is 0 Å². The molecule has 1 saturated heterocycles. The maximum absolute atomic E-state index is 12.6. The lowest BCUT2D eigenvalue weighted by atomic mass is 9.81. The van der Waals surface area contributed by atoms with Crippen LogP contribution in [0.15, 0.2) is 12.4 Å². The fourth-order valence-electron chi connectivity index (χ4n) is 2.93. The standard InChI is InChI=1S/C15H19ClN4OS/c1-10-11(9-19(3)18-10)13(21)20-6-4-15(2,5-7-20)14-17-8-12(16)22-14/h8-9H,4-7H2,1-3H3. The highest BCUT2D eigenvalue weighted by Gasteiger charge is 2.36. The smallest absolute Gasteiger partial charge is 0.257 e. The lowest BCUT2D eigenvalue weighted by Crippen LogP contribution is -2.44. The average molecular weight is 339 g/mol. The van der Waals surface area contributed by atoms with Crippen LogP contribution in [0.1, 0.15) is 40.8 Å². The predicted octanol–water partition coefficient (Wildman–Crippen LogP) is 3.03. The number of rotatable bonds is 2. The normalized spacial score (nSPS) is 17.7. The summed E-state index contributed by atoms with van der Waals surface area (Å²) in [6.07, 6.45) is 5.32. The average Bonchev–Trinajstić information content (AvgIpc) is 3.05. The van der Waals surface area contributed by atoms with E-state index in [4.69, 9.17) is 11.6 Å². The number of hydrogen-bond acceptors (Lipinski definition) is 4. The quantitative estimate of drug-likeness (QED) is 0.845. The van der Waals surface area contributed by atoms with Crippen LogP contribution in [0.4, 0.5) is 0 Å². The van der Waals surface area contributed by atoms with Crippen LogP contribution < -0.4 is 0 Å². The van der Waals surface area contributed by atoms with Crippen LogP contribution in [-0.4, -0.2) is 38.7 Å². The lowest BCUT2D eigenvalue weighted by molar-refractivity contribution is 0.0675. The van der Waals surface area contributed by atoms with Crippen LogP contribution in [0, 0.1) is 6.92 Å². The number of aryl methyl sites for hydroxylation is 2. The molecule has 0 unspecified atom stereocenters. The van der Waals surface area contributed by atoms with Gasteiger partial charge < -0.3 is 4.90 Å². The Kier molecular flexibility index (Phi) is 3.99. The Bertz CT molecular complexity index is 700. The molecule has 1 aliphatic rings. The number of amides is 1. The van der Waals surface area contributed by atoms with E-state index in [1.807, 2.05) is 18.9 Å². The van der Waals surface area contributed by atoms with Crippen molar-refractivity contribution in [3.63, 3.8) is 0 Å². The second-order valence-electron chi connectivity index (χ2n) is 6.12. The Morgan fingerprint density at radius 1 is 1.41 bits per heavy atom. The Balaban J connectivity index is 1.71. The first-order valence-electron chi connectivity index (χ1n) is 7.30. The SMILES string of the molecule is Cc1nn(C)cc1C(=O)N1CCC(C)(c2ncc(Cl)s2)CC1. The maximum atomic E-state index is 12.6. The van der Waals surface area contributed by atoms with Crippen LogP contribution in [0.5, 0.6) is 0 Å². The molecule has 3 heterocycles. The van der Waals surface area contributed by atoms with Gasteiger partial charge in [-0.2, -0.15) is 5.10 Å². The zero-order chi connectivity index (χ0) is 15.9. The molecule has 0 aromatic carbocycles. The summed E-state index contributed by atoms with van der Waals surface area (Å²) in [5.41, 5.74) is 1.49. The summed E-state index contributed by atoms with van der Waals surface area (Å²) in [4.78, 5) is 19.0. The van der Waals surface area contributed by atoms with Gasteiger partial charge in [0.1, 0.15) is 9.34 Å². The van der Waals surface area contributed by atoms with Gasteiger partial charge in [-0.15, -0.1) is 11.3 Å². The summed E-state index contributed by atoms with van der Waals surface area (Å²) in [6.45, 7) is 5.56. The number of piperidine rings is 1. The molecule has 0 N–H and O–H groups in total. The van der Waals surface area contributed by atoms with E-state index in [0.717, 1.165) is 41.0 Å². The minimum atomic E-state index is 0.0125. The van der Waals surface area contributed by atoms with Gasteiger partial charge in [-0.3, -0.25) is 9.48 Å². The van der Waals surface area contributed by atoms with Gasteiger partial charge in [0.05, 0.1) is 17.5 Å². The molecule has 118 valence electrons. The molecule has 0 spiro atoms. The highest BCUT2D eigenvalue weighted by molar-refractivity contribution is 7.15. The summed E-state index contributed by atoms with van der Waals surface area (Å²) >= 11 is 7.55. The first-order valence-corrected chi connectivity index (χ1v) is 8.50. The van der Waals surface area contributed by atoms with Crippen molar-refractivity contribution >= 4 is 28.8 Å². The second-order valence-corrected chi connectivity index (χ2v) is 7.79. The maximum Gasteiger partial charge on any atom is 0.257 e. The van der Waals surface area contributed by atoms with Crippen molar-refractivity contribution in [3.8, 4) is 0 Å². The van der Waals surface area contributed by atoms with E-state index in [-0.39, 0.29) is 11.3 Å². The van der Waals surface area contributed by atoms with Crippen molar-refractivity contribution in [1.82, 2.24) is 19.7 Å². The molecule has 22 heavy (non-hydrogen) atoms. The number of likely N-dealkylation sites (tertiary alicyclic amines) is 1. The Hall–Kier alpha value is -1.40. The number of carbonyl (C=O) groups excluding carboxylic acids is 1. The van der Waals surface area contributed by atoms with E-state index < -0.39 is 0 Å². The third-order valence-corrected chi connectivity index (χ3v) is 5.81. The number of nitrogens with zero attached hydrogens (tertiary/aromatic N) is 4. The van der Waals surface area contributed by atoms with Crippen LogP contribution in [-0.2, 0) is 12.5 Å². The number of hydrogen-bond donors (Lipinski definition) is 0. The molecule has 2 aromatic rings. The first-order chi connectivity index (χ1) is 10.4. The summed E-state index contributed by atoms with van der Waals surface area (Å²) < 4.78 is 2.41. The topological polar surface area (TPSA) is 51.0 Å². The molecule has 7 heteroatoms. The largest absolute Gasteiger partial charge is 0.338 e. The molecular formula is C15H19ClN4OS. The van der Waals surface area contributed by atoms with Crippen LogP contribution >= 0.6 is 22.9 Å². The molecule has 0 radical (unpaired) electrons. The van der Waals surface area contributed by atoms with Crippen molar-refractivity contribution in [2.24, 2.45) is 7.05 Å². The van der Waals surface area contributed by atoms with Crippen molar-refractivity contribution in [3.05, 3.63) is 33.0 Å². The molecule has 2 aromatic heterocycles. The van der Waals surface area contributed by atoms with Gasteiger partial charge >= 0.3 is 0 Å². The monoisotopic (exact) mass is 338 g/mol. The summed E-state index contributed by atoms with van der Waals surface area (Å²) in [5, 5.41) is 5.32. The molecule has 0 aliphatic carbocycles. The zero-order valence-electron chi connectivity index (χ0n) is 13.0. The Morgan fingerprint density at radius 3 is 2.59 bits per heavy atom. The van der Waals surface area contributed by atoms with Crippen molar-refractivity contribution in [1.29, 1.82) is 0 Å². The fourth-order valence-corrected chi connectivity index (χ4v) is 4.04. The predicted molar refractivity (Wildman–Crippen MR) is 87.6 cm³/mol. The summed E-state index contributed by atoms with van der Waals surface area (Å²) in [7, 11) is 1.84. The Morgan fingerprint density at radius 2 is 2.09 bits per heavy atom. The number of halogens is 1. The van der Waals surface area contributed by atoms with Crippen molar-refractivity contribution < 1.29 is 4.79 Å². The minimum absolute atomic E-state index is 0.0125. The molecule has 1 amide bonds. The molecular weight excluding hydrogens is 320 g/mol. The minimum Gasteiger partial charge on any atom is -0.338 e.